The van der Waals surface area contributed by atoms with E-state index in [9.17, 15) is 0 Å². The molecule has 0 aliphatic rings. The maximum Gasteiger partial charge on any atom is 0.191 e. The van der Waals surface area contributed by atoms with Crippen molar-refractivity contribution in [2.24, 2.45) is 4.99 Å². The predicted molar refractivity (Wildman–Crippen MR) is 121 cm³/mol. The van der Waals surface area contributed by atoms with Gasteiger partial charge in [0.2, 0.25) is 0 Å². The lowest BCUT2D eigenvalue weighted by Crippen LogP contribution is -2.36. The Bertz CT molecular complexity index is 786. The third-order valence-corrected chi connectivity index (χ3v) is 4.29. The van der Waals surface area contributed by atoms with Crippen LogP contribution in [0.5, 0.6) is 11.5 Å². The minimum atomic E-state index is 0. The van der Waals surface area contributed by atoms with Crippen LogP contribution in [-0.4, -0.2) is 31.2 Å². The molecule has 1 aromatic heterocycles. The molecule has 0 unspecified atom stereocenters. The quantitative estimate of drug-likeness (QED) is 0.252. The SMILES string of the molecule is C#CCOc1cc(CN=C(NCC)NCc2ncc(C)s2)ccc1OC.I. The van der Waals surface area contributed by atoms with Gasteiger partial charge in [0, 0.05) is 17.6 Å². The van der Waals surface area contributed by atoms with E-state index in [4.69, 9.17) is 15.9 Å². The molecule has 2 aromatic rings. The number of ether oxygens (including phenoxy) is 2. The zero-order valence-electron chi connectivity index (χ0n) is 15.7. The molecule has 1 heterocycles. The summed E-state index contributed by atoms with van der Waals surface area (Å²) in [5.41, 5.74) is 1.00. The second-order valence-electron chi connectivity index (χ2n) is 5.39. The number of halogens is 1. The van der Waals surface area contributed by atoms with E-state index in [0.29, 0.717) is 24.6 Å². The lowest BCUT2D eigenvalue weighted by atomic mass is 10.2. The molecule has 1 aromatic carbocycles. The summed E-state index contributed by atoms with van der Waals surface area (Å²) in [6.07, 6.45) is 7.14. The van der Waals surface area contributed by atoms with Crippen molar-refractivity contribution >= 4 is 41.3 Å². The summed E-state index contributed by atoms with van der Waals surface area (Å²) >= 11 is 1.67. The van der Waals surface area contributed by atoms with Crippen LogP contribution in [0, 0.1) is 19.3 Å². The lowest BCUT2D eigenvalue weighted by molar-refractivity contribution is 0.330. The highest BCUT2D eigenvalue weighted by Gasteiger charge is 2.06. The summed E-state index contributed by atoms with van der Waals surface area (Å²) in [7, 11) is 1.60. The number of guanidine groups is 1. The fourth-order valence-electron chi connectivity index (χ4n) is 2.21. The molecule has 0 fully saturated rings. The number of aliphatic imine (C=N–C) groups is 1. The fraction of sp³-hybridized carbons (Fsp3) is 0.368. The number of aryl methyl sites for hydroxylation is 1. The minimum Gasteiger partial charge on any atom is -0.493 e. The van der Waals surface area contributed by atoms with Crippen LogP contribution in [0.2, 0.25) is 0 Å². The second kappa shape index (κ2) is 12.4. The standard InChI is InChI=1S/C19H24N4O2S.HI/c1-5-9-25-17-10-15(7-8-16(17)24-4)12-22-19(20-6-2)23-13-18-21-11-14(3)26-18;/h1,7-8,10-11H,6,9,12-13H2,2-4H3,(H2,20,22,23);1H. The van der Waals surface area contributed by atoms with Crippen LogP contribution in [0.4, 0.5) is 0 Å². The van der Waals surface area contributed by atoms with Gasteiger partial charge in [-0.3, -0.25) is 0 Å². The van der Waals surface area contributed by atoms with Crippen LogP contribution in [0.25, 0.3) is 0 Å². The summed E-state index contributed by atoms with van der Waals surface area (Å²) < 4.78 is 10.8. The molecule has 0 saturated carbocycles. The number of hydrogen-bond donors (Lipinski definition) is 2. The first kappa shape index (κ1) is 23.0. The minimum absolute atomic E-state index is 0. The molecule has 0 aliphatic heterocycles. The molecular weight excluding hydrogens is 475 g/mol. The van der Waals surface area contributed by atoms with Gasteiger partial charge in [-0.05, 0) is 31.5 Å². The Labute approximate surface area is 181 Å². The average Bonchev–Trinajstić information content (AvgIpc) is 3.07. The summed E-state index contributed by atoms with van der Waals surface area (Å²) in [5, 5.41) is 7.56. The predicted octanol–water partition coefficient (Wildman–Crippen LogP) is 3.35. The van der Waals surface area contributed by atoms with Crippen molar-refractivity contribution < 1.29 is 9.47 Å². The molecule has 27 heavy (non-hydrogen) atoms. The number of nitrogens with one attached hydrogen (secondary N) is 2. The van der Waals surface area contributed by atoms with Crippen molar-refractivity contribution in [3.05, 3.63) is 39.8 Å². The maximum absolute atomic E-state index is 5.53. The molecule has 2 rings (SSSR count). The van der Waals surface area contributed by atoms with Gasteiger partial charge < -0.3 is 20.1 Å². The van der Waals surface area contributed by atoms with Crippen LogP contribution in [0.3, 0.4) is 0 Å². The first-order valence-electron chi connectivity index (χ1n) is 8.33. The van der Waals surface area contributed by atoms with Gasteiger partial charge in [-0.1, -0.05) is 12.0 Å². The molecule has 6 nitrogen and oxygen atoms in total. The third-order valence-electron chi connectivity index (χ3n) is 3.38. The van der Waals surface area contributed by atoms with Gasteiger partial charge in [0.15, 0.2) is 17.5 Å². The average molecular weight is 500 g/mol. The Morgan fingerprint density at radius 1 is 1.33 bits per heavy atom. The van der Waals surface area contributed by atoms with Gasteiger partial charge >= 0.3 is 0 Å². The Morgan fingerprint density at radius 2 is 2.15 bits per heavy atom. The summed E-state index contributed by atoms with van der Waals surface area (Å²) in [6.45, 7) is 6.20. The second-order valence-corrected chi connectivity index (χ2v) is 6.71. The topological polar surface area (TPSA) is 67.8 Å². The van der Waals surface area contributed by atoms with Gasteiger partial charge in [0.05, 0.1) is 20.2 Å². The van der Waals surface area contributed by atoms with Crippen molar-refractivity contribution in [3.8, 4) is 23.8 Å². The van der Waals surface area contributed by atoms with E-state index in [1.807, 2.05) is 38.2 Å². The number of aromatic nitrogens is 1. The van der Waals surface area contributed by atoms with Gasteiger partial charge in [-0.2, -0.15) is 0 Å². The van der Waals surface area contributed by atoms with E-state index in [1.54, 1.807) is 18.4 Å². The first-order chi connectivity index (χ1) is 12.7. The Morgan fingerprint density at radius 3 is 2.78 bits per heavy atom. The smallest absolute Gasteiger partial charge is 0.191 e. The van der Waals surface area contributed by atoms with E-state index >= 15 is 0 Å². The number of rotatable bonds is 8. The fourth-order valence-corrected chi connectivity index (χ4v) is 2.93. The van der Waals surface area contributed by atoms with Gasteiger partial charge in [-0.25, -0.2) is 9.98 Å². The Balaban J connectivity index is 0.00000364. The first-order valence-corrected chi connectivity index (χ1v) is 9.14. The highest BCUT2D eigenvalue weighted by atomic mass is 127. The number of methoxy groups -OCH3 is 1. The highest BCUT2D eigenvalue weighted by Crippen LogP contribution is 2.28. The van der Waals surface area contributed by atoms with Crippen LogP contribution in [-0.2, 0) is 13.1 Å². The molecule has 0 spiro atoms. The molecule has 2 N–H and O–H groups in total. The number of hydrogen-bond acceptors (Lipinski definition) is 5. The zero-order chi connectivity index (χ0) is 18.8. The highest BCUT2D eigenvalue weighted by molar-refractivity contribution is 14.0. The number of terminal acetylenes is 1. The lowest BCUT2D eigenvalue weighted by Gasteiger charge is -2.12. The van der Waals surface area contributed by atoms with Crippen molar-refractivity contribution in [2.75, 3.05) is 20.3 Å². The number of benzene rings is 1. The molecule has 0 saturated heterocycles. The van der Waals surface area contributed by atoms with Gasteiger partial charge in [0.25, 0.3) is 0 Å². The third kappa shape index (κ3) is 7.64. The van der Waals surface area contributed by atoms with Crippen molar-refractivity contribution in [1.82, 2.24) is 15.6 Å². The van der Waals surface area contributed by atoms with E-state index in [2.05, 4.69) is 26.5 Å². The largest absolute Gasteiger partial charge is 0.493 e. The molecule has 0 amide bonds. The zero-order valence-corrected chi connectivity index (χ0v) is 18.9. The van der Waals surface area contributed by atoms with Gasteiger partial charge in [-0.15, -0.1) is 41.7 Å². The van der Waals surface area contributed by atoms with Crippen LogP contribution < -0.4 is 20.1 Å². The maximum atomic E-state index is 5.53. The van der Waals surface area contributed by atoms with E-state index in [1.165, 1.54) is 4.88 Å². The molecular formula is C19H25IN4O2S. The van der Waals surface area contributed by atoms with Crippen molar-refractivity contribution in [3.63, 3.8) is 0 Å². The molecule has 0 aliphatic carbocycles. The van der Waals surface area contributed by atoms with Crippen molar-refractivity contribution in [1.29, 1.82) is 0 Å². The van der Waals surface area contributed by atoms with Crippen LogP contribution in [0.1, 0.15) is 22.4 Å². The molecule has 0 bridgehead atoms. The van der Waals surface area contributed by atoms with Crippen LogP contribution >= 0.6 is 35.3 Å². The van der Waals surface area contributed by atoms with Crippen LogP contribution in [0.15, 0.2) is 29.4 Å². The van der Waals surface area contributed by atoms with E-state index < -0.39 is 0 Å². The summed E-state index contributed by atoms with van der Waals surface area (Å²) in [5.74, 6) is 4.47. The van der Waals surface area contributed by atoms with E-state index in [0.717, 1.165) is 23.1 Å². The Hall–Kier alpha value is -1.99. The number of thiazole rings is 1. The summed E-state index contributed by atoms with van der Waals surface area (Å²) in [6, 6.07) is 5.71. The summed E-state index contributed by atoms with van der Waals surface area (Å²) in [4.78, 5) is 10.2. The molecule has 0 radical (unpaired) electrons. The van der Waals surface area contributed by atoms with Gasteiger partial charge in [0.1, 0.15) is 11.6 Å². The monoisotopic (exact) mass is 500 g/mol. The molecule has 146 valence electrons. The Kier molecular flexibility index (Phi) is 10.6. The number of nitrogens with zero attached hydrogens (tertiary/aromatic N) is 2. The van der Waals surface area contributed by atoms with Crippen molar-refractivity contribution in [2.45, 2.75) is 26.9 Å². The molecule has 8 heteroatoms. The molecule has 0 atom stereocenters. The van der Waals surface area contributed by atoms with E-state index in [-0.39, 0.29) is 30.6 Å². The normalized spacial score (nSPS) is 10.5.